The number of benzene rings is 1. The van der Waals surface area contributed by atoms with E-state index < -0.39 is 0 Å². The number of hydrogen-bond acceptors (Lipinski definition) is 2. The Balaban J connectivity index is 2.69. The fourth-order valence-corrected chi connectivity index (χ4v) is 2.46. The van der Waals surface area contributed by atoms with E-state index in [0.29, 0.717) is 16.7 Å². The van der Waals surface area contributed by atoms with E-state index in [2.05, 4.69) is 46.9 Å². The number of aryl methyl sites for hydroxylation is 1. The molecule has 19 heavy (non-hydrogen) atoms. The molecule has 3 nitrogen and oxygen atoms in total. The lowest BCUT2D eigenvalue weighted by Crippen LogP contribution is -2.25. The highest BCUT2D eigenvalue weighted by Crippen LogP contribution is 2.29. The molecule has 0 aliphatic heterocycles. The first-order valence-electron chi connectivity index (χ1n) is 6.12. The van der Waals surface area contributed by atoms with Gasteiger partial charge in [-0.05, 0) is 39.8 Å². The first kappa shape index (κ1) is 14.2. The number of aromatic nitrogens is 3. The fourth-order valence-electron chi connectivity index (χ4n) is 2.09. The van der Waals surface area contributed by atoms with Crippen LogP contribution in [-0.4, -0.2) is 14.8 Å². The molecule has 0 amide bonds. The molecule has 0 fully saturated rings. The summed E-state index contributed by atoms with van der Waals surface area (Å²) in [7, 11) is 0. The van der Waals surface area contributed by atoms with Crippen molar-refractivity contribution >= 4 is 15.9 Å². The molecule has 1 heterocycles. The molecule has 102 valence electrons. The summed E-state index contributed by atoms with van der Waals surface area (Å²) in [6.07, 6.45) is 0. The summed E-state index contributed by atoms with van der Waals surface area (Å²) in [5, 5.41) is 8.90. The van der Waals surface area contributed by atoms with Crippen molar-refractivity contribution < 1.29 is 4.39 Å². The standard InChI is InChI=1S/C14H17BrFN3/c1-9-5-6-11(16)10(7-9)13-18-17-12(8-15)19(13)14(2,3)4/h5-7H,8H2,1-4H3. The van der Waals surface area contributed by atoms with Crippen molar-refractivity contribution in [2.75, 3.05) is 0 Å². The minimum Gasteiger partial charge on any atom is -0.305 e. The Morgan fingerprint density at radius 1 is 1.26 bits per heavy atom. The molecule has 0 N–H and O–H groups in total. The van der Waals surface area contributed by atoms with Gasteiger partial charge in [0.05, 0.1) is 10.9 Å². The van der Waals surface area contributed by atoms with Crippen molar-refractivity contribution in [2.45, 2.75) is 38.6 Å². The maximum Gasteiger partial charge on any atom is 0.167 e. The third-order valence-corrected chi connectivity index (χ3v) is 3.38. The molecule has 0 radical (unpaired) electrons. The van der Waals surface area contributed by atoms with Crippen LogP contribution in [0.4, 0.5) is 4.39 Å². The first-order valence-corrected chi connectivity index (χ1v) is 7.24. The highest BCUT2D eigenvalue weighted by molar-refractivity contribution is 9.08. The van der Waals surface area contributed by atoms with Gasteiger partial charge in [-0.1, -0.05) is 27.6 Å². The predicted molar refractivity (Wildman–Crippen MR) is 77.8 cm³/mol. The fraction of sp³-hybridized carbons (Fsp3) is 0.429. The number of alkyl halides is 1. The Labute approximate surface area is 121 Å². The monoisotopic (exact) mass is 325 g/mol. The summed E-state index contributed by atoms with van der Waals surface area (Å²) in [6.45, 7) is 8.10. The summed E-state index contributed by atoms with van der Waals surface area (Å²) in [4.78, 5) is 0. The summed E-state index contributed by atoms with van der Waals surface area (Å²) in [5.41, 5.74) is 1.29. The molecule has 0 saturated carbocycles. The van der Waals surface area contributed by atoms with Crippen LogP contribution in [0.3, 0.4) is 0 Å². The summed E-state index contributed by atoms with van der Waals surface area (Å²) in [6, 6.07) is 5.03. The SMILES string of the molecule is Cc1ccc(F)c(-c2nnc(CBr)n2C(C)(C)C)c1. The number of hydrogen-bond donors (Lipinski definition) is 0. The zero-order valence-electron chi connectivity index (χ0n) is 11.5. The van der Waals surface area contributed by atoms with Crippen molar-refractivity contribution in [1.29, 1.82) is 0 Å². The molecule has 0 bridgehead atoms. The van der Waals surface area contributed by atoms with Gasteiger partial charge in [0.2, 0.25) is 0 Å². The van der Waals surface area contributed by atoms with Gasteiger partial charge in [0.15, 0.2) is 5.82 Å². The van der Waals surface area contributed by atoms with Gasteiger partial charge in [0.1, 0.15) is 11.6 Å². The van der Waals surface area contributed by atoms with Gasteiger partial charge in [0.25, 0.3) is 0 Å². The minimum atomic E-state index is -0.273. The average molecular weight is 326 g/mol. The molecule has 0 aliphatic rings. The van der Waals surface area contributed by atoms with Crippen LogP contribution < -0.4 is 0 Å². The second kappa shape index (κ2) is 5.04. The smallest absolute Gasteiger partial charge is 0.167 e. The molecule has 5 heteroatoms. The lowest BCUT2D eigenvalue weighted by Gasteiger charge is -2.24. The van der Waals surface area contributed by atoms with Crippen molar-refractivity contribution in [3.05, 3.63) is 35.4 Å². The highest BCUT2D eigenvalue weighted by Gasteiger charge is 2.24. The normalized spacial score (nSPS) is 11.9. The Morgan fingerprint density at radius 2 is 1.95 bits per heavy atom. The Morgan fingerprint density at radius 3 is 2.53 bits per heavy atom. The van der Waals surface area contributed by atoms with Gasteiger partial charge in [0, 0.05) is 5.54 Å². The van der Waals surface area contributed by atoms with Gasteiger partial charge < -0.3 is 4.57 Å². The first-order chi connectivity index (χ1) is 8.84. The van der Waals surface area contributed by atoms with Gasteiger partial charge >= 0.3 is 0 Å². The van der Waals surface area contributed by atoms with Crippen LogP contribution in [-0.2, 0) is 10.9 Å². The van der Waals surface area contributed by atoms with Gasteiger partial charge in [-0.2, -0.15) is 0 Å². The quantitative estimate of drug-likeness (QED) is 0.780. The second-order valence-electron chi connectivity index (χ2n) is 5.56. The summed E-state index contributed by atoms with van der Waals surface area (Å²) < 4.78 is 16.0. The Hall–Kier alpha value is -1.23. The third-order valence-electron chi connectivity index (χ3n) is 2.88. The van der Waals surface area contributed by atoms with E-state index in [9.17, 15) is 4.39 Å². The van der Waals surface area contributed by atoms with Crippen LogP contribution in [0.1, 0.15) is 32.2 Å². The van der Waals surface area contributed by atoms with Crippen LogP contribution in [0.25, 0.3) is 11.4 Å². The van der Waals surface area contributed by atoms with Gasteiger partial charge in [-0.15, -0.1) is 10.2 Å². The van der Waals surface area contributed by atoms with Crippen LogP contribution in [0, 0.1) is 12.7 Å². The van der Waals surface area contributed by atoms with E-state index in [1.54, 1.807) is 12.1 Å². The summed E-state index contributed by atoms with van der Waals surface area (Å²) in [5.74, 6) is 1.09. The molecule has 0 atom stereocenters. The van der Waals surface area contributed by atoms with Gasteiger partial charge in [-0.3, -0.25) is 0 Å². The van der Waals surface area contributed by atoms with E-state index in [1.807, 2.05) is 11.5 Å². The van der Waals surface area contributed by atoms with Gasteiger partial charge in [-0.25, -0.2) is 4.39 Å². The van der Waals surface area contributed by atoms with Crippen LogP contribution in [0.15, 0.2) is 18.2 Å². The molecular formula is C14H17BrFN3. The largest absolute Gasteiger partial charge is 0.305 e. The van der Waals surface area contributed by atoms with E-state index in [4.69, 9.17) is 0 Å². The average Bonchev–Trinajstić information content (AvgIpc) is 2.75. The maximum atomic E-state index is 14.0. The molecule has 2 rings (SSSR count). The van der Waals surface area contributed by atoms with E-state index in [-0.39, 0.29) is 11.4 Å². The van der Waals surface area contributed by atoms with Crippen LogP contribution in [0.5, 0.6) is 0 Å². The zero-order valence-corrected chi connectivity index (χ0v) is 13.1. The molecule has 1 aromatic heterocycles. The molecule has 1 aromatic carbocycles. The van der Waals surface area contributed by atoms with Crippen molar-refractivity contribution in [1.82, 2.24) is 14.8 Å². The molecule has 0 spiro atoms. The molecular weight excluding hydrogens is 309 g/mol. The van der Waals surface area contributed by atoms with E-state index in [1.165, 1.54) is 6.07 Å². The van der Waals surface area contributed by atoms with Crippen molar-refractivity contribution in [3.8, 4) is 11.4 Å². The second-order valence-corrected chi connectivity index (χ2v) is 6.12. The van der Waals surface area contributed by atoms with E-state index in [0.717, 1.165) is 11.4 Å². The highest BCUT2D eigenvalue weighted by atomic mass is 79.9. The molecule has 0 unspecified atom stereocenters. The third kappa shape index (κ3) is 2.71. The Bertz CT molecular complexity index is 599. The van der Waals surface area contributed by atoms with Crippen molar-refractivity contribution in [3.63, 3.8) is 0 Å². The molecule has 0 aliphatic carbocycles. The minimum absolute atomic E-state index is 0.210. The van der Waals surface area contributed by atoms with E-state index >= 15 is 0 Å². The predicted octanol–water partition coefficient (Wildman–Crippen LogP) is 4.04. The molecule has 0 saturated heterocycles. The van der Waals surface area contributed by atoms with Crippen LogP contribution in [0.2, 0.25) is 0 Å². The lowest BCUT2D eigenvalue weighted by atomic mass is 10.1. The zero-order chi connectivity index (χ0) is 14.2. The molecule has 2 aromatic rings. The number of nitrogens with zero attached hydrogens (tertiary/aromatic N) is 3. The summed E-state index contributed by atoms with van der Waals surface area (Å²) >= 11 is 3.40. The Kier molecular flexibility index (Phi) is 3.76. The lowest BCUT2D eigenvalue weighted by molar-refractivity contribution is 0.390. The number of rotatable bonds is 2. The topological polar surface area (TPSA) is 30.7 Å². The number of halogens is 2. The maximum absolute atomic E-state index is 14.0. The van der Waals surface area contributed by atoms with Crippen molar-refractivity contribution in [2.24, 2.45) is 0 Å². The van der Waals surface area contributed by atoms with Crippen LogP contribution >= 0.6 is 15.9 Å².